The molecule has 28 heavy (non-hydrogen) atoms. The van der Waals surface area contributed by atoms with Crippen LogP contribution < -0.4 is 10.6 Å². The molecule has 3 heterocycles. The molecule has 0 unspecified atom stereocenters. The van der Waals surface area contributed by atoms with Crippen LogP contribution in [0.3, 0.4) is 0 Å². The number of hydrogen-bond donors (Lipinski definition) is 2. The highest BCUT2D eigenvalue weighted by molar-refractivity contribution is 7.07. The van der Waals surface area contributed by atoms with Gasteiger partial charge in [0.25, 0.3) is 0 Å². The largest absolute Gasteiger partial charge is 0.359 e. The number of thiophene rings is 1. The Hall–Kier alpha value is -1.86. The van der Waals surface area contributed by atoms with Gasteiger partial charge in [0.05, 0.1) is 12.2 Å². The SMILES string of the molecule is CCC(CC)c1cc(CNC(=NC)NC2CCN(Cc3ccsc3)CC2)on1. The van der Waals surface area contributed by atoms with Crippen molar-refractivity contribution in [2.45, 2.75) is 64.6 Å². The number of rotatable bonds is 8. The van der Waals surface area contributed by atoms with E-state index in [4.69, 9.17) is 4.52 Å². The van der Waals surface area contributed by atoms with Crippen LogP contribution in [0.25, 0.3) is 0 Å². The number of nitrogens with zero attached hydrogens (tertiary/aromatic N) is 3. The summed E-state index contributed by atoms with van der Waals surface area (Å²) in [6.45, 7) is 8.28. The number of piperidine rings is 1. The second-order valence-electron chi connectivity index (χ2n) is 7.48. The Morgan fingerprint density at radius 2 is 2.14 bits per heavy atom. The lowest BCUT2D eigenvalue weighted by atomic mass is 9.99. The number of aromatic nitrogens is 1. The molecule has 0 saturated carbocycles. The number of guanidine groups is 1. The smallest absolute Gasteiger partial charge is 0.191 e. The van der Waals surface area contributed by atoms with Gasteiger partial charge in [0.15, 0.2) is 11.7 Å². The lowest BCUT2D eigenvalue weighted by Crippen LogP contribution is -2.48. The molecule has 0 radical (unpaired) electrons. The van der Waals surface area contributed by atoms with Crippen molar-refractivity contribution in [1.29, 1.82) is 0 Å². The Morgan fingerprint density at radius 1 is 1.36 bits per heavy atom. The zero-order valence-electron chi connectivity index (χ0n) is 17.3. The summed E-state index contributed by atoms with van der Waals surface area (Å²) >= 11 is 1.77. The highest BCUT2D eigenvalue weighted by atomic mass is 32.1. The van der Waals surface area contributed by atoms with Gasteiger partial charge in [0.2, 0.25) is 0 Å². The van der Waals surface area contributed by atoms with Crippen molar-refractivity contribution in [2.75, 3.05) is 20.1 Å². The first-order chi connectivity index (χ1) is 13.7. The summed E-state index contributed by atoms with van der Waals surface area (Å²) in [5.74, 6) is 2.17. The molecule has 7 heteroatoms. The van der Waals surface area contributed by atoms with Gasteiger partial charge in [-0.05, 0) is 48.1 Å². The van der Waals surface area contributed by atoms with Crippen molar-refractivity contribution in [3.8, 4) is 0 Å². The van der Waals surface area contributed by atoms with Crippen molar-refractivity contribution in [1.82, 2.24) is 20.7 Å². The lowest BCUT2D eigenvalue weighted by Gasteiger charge is -2.32. The van der Waals surface area contributed by atoms with E-state index in [0.717, 1.165) is 62.7 Å². The van der Waals surface area contributed by atoms with E-state index >= 15 is 0 Å². The standard InChI is InChI=1S/C21H33N5OS/c1-4-17(5-2)20-12-19(27-25-20)13-23-21(22-3)24-18-6-9-26(10-7-18)14-16-8-11-28-15-16/h8,11-12,15,17-18H,4-7,9-10,13-14H2,1-3H3,(H2,22,23,24). The molecule has 1 aliphatic rings. The summed E-state index contributed by atoms with van der Waals surface area (Å²) in [6, 6.07) is 4.75. The van der Waals surface area contributed by atoms with E-state index in [1.165, 1.54) is 5.56 Å². The molecule has 2 aromatic heterocycles. The summed E-state index contributed by atoms with van der Waals surface area (Å²) < 4.78 is 5.50. The molecule has 0 amide bonds. The molecule has 0 spiro atoms. The van der Waals surface area contributed by atoms with Crippen LogP contribution in [0.15, 0.2) is 32.4 Å². The summed E-state index contributed by atoms with van der Waals surface area (Å²) in [4.78, 5) is 6.90. The Bertz CT molecular complexity index is 715. The summed E-state index contributed by atoms with van der Waals surface area (Å²) in [5, 5.41) is 15.6. The van der Waals surface area contributed by atoms with E-state index in [0.29, 0.717) is 18.5 Å². The third-order valence-corrected chi connectivity index (χ3v) is 6.28. The highest BCUT2D eigenvalue weighted by Crippen LogP contribution is 2.22. The summed E-state index contributed by atoms with van der Waals surface area (Å²) in [6.07, 6.45) is 4.44. The Morgan fingerprint density at radius 3 is 2.79 bits per heavy atom. The van der Waals surface area contributed by atoms with Crippen LogP contribution in [0.5, 0.6) is 0 Å². The molecule has 154 valence electrons. The Kier molecular flexibility index (Phi) is 7.91. The molecule has 1 fully saturated rings. The molecule has 1 saturated heterocycles. The predicted octanol–water partition coefficient (Wildman–Crippen LogP) is 3.97. The molecule has 0 aliphatic carbocycles. The normalized spacial score (nSPS) is 16.6. The van der Waals surface area contributed by atoms with Crippen molar-refractivity contribution in [3.05, 3.63) is 39.9 Å². The fourth-order valence-corrected chi connectivity index (χ4v) is 4.41. The summed E-state index contributed by atoms with van der Waals surface area (Å²) in [5.41, 5.74) is 2.48. The minimum atomic E-state index is 0.458. The quantitative estimate of drug-likeness (QED) is 0.516. The third-order valence-electron chi connectivity index (χ3n) is 5.55. The van der Waals surface area contributed by atoms with E-state index in [9.17, 15) is 0 Å². The van der Waals surface area contributed by atoms with Gasteiger partial charge in [-0.1, -0.05) is 19.0 Å². The molecule has 6 nitrogen and oxygen atoms in total. The zero-order valence-corrected chi connectivity index (χ0v) is 18.1. The van der Waals surface area contributed by atoms with Crippen LogP contribution in [-0.4, -0.2) is 42.2 Å². The van der Waals surface area contributed by atoms with Crippen molar-refractivity contribution in [2.24, 2.45) is 4.99 Å². The van der Waals surface area contributed by atoms with E-state index in [1.54, 1.807) is 11.3 Å². The van der Waals surface area contributed by atoms with E-state index in [2.05, 4.69) is 62.4 Å². The van der Waals surface area contributed by atoms with E-state index in [1.807, 2.05) is 7.05 Å². The molecule has 0 atom stereocenters. The minimum absolute atomic E-state index is 0.458. The monoisotopic (exact) mass is 403 g/mol. The van der Waals surface area contributed by atoms with Gasteiger partial charge in [-0.3, -0.25) is 9.89 Å². The molecule has 0 bridgehead atoms. The maximum absolute atomic E-state index is 5.50. The first-order valence-electron chi connectivity index (χ1n) is 10.4. The molecule has 0 aromatic carbocycles. The second-order valence-corrected chi connectivity index (χ2v) is 8.26. The van der Waals surface area contributed by atoms with Crippen LogP contribution in [0.2, 0.25) is 0 Å². The predicted molar refractivity (Wildman–Crippen MR) is 116 cm³/mol. The van der Waals surface area contributed by atoms with Gasteiger partial charge < -0.3 is 15.2 Å². The maximum Gasteiger partial charge on any atom is 0.191 e. The number of aliphatic imine (C=N–C) groups is 1. The molecular weight excluding hydrogens is 370 g/mol. The van der Waals surface area contributed by atoms with Crippen molar-refractivity contribution >= 4 is 17.3 Å². The van der Waals surface area contributed by atoms with Gasteiger partial charge in [0, 0.05) is 44.7 Å². The second kappa shape index (κ2) is 10.6. The van der Waals surface area contributed by atoms with Crippen LogP contribution in [0.4, 0.5) is 0 Å². The third kappa shape index (κ3) is 5.82. The first-order valence-corrected chi connectivity index (χ1v) is 11.3. The van der Waals surface area contributed by atoms with E-state index < -0.39 is 0 Å². The van der Waals surface area contributed by atoms with Crippen LogP contribution in [0.1, 0.15) is 62.5 Å². The molecular formula is C21H33N5OS. The lowest BCUT2D eigenvalue weighted by molar-refractivity contribution is 0.198. The molecule has 3 rings (SSSR count). The van der Waals surface area contributed by atoms with Gasteiger partial charge in [0.1, 0.15) is 0 Å². The Labute approximate surface area is 172 Å². The van der Waals surface area contributed by atoms with Gasteiger partial charge in [-0.2, -0.15) is 11.3 Å². The van der Waals surface area contributed by atoms with Gasteiger partial charge in [-0.15, -0.1) is 0 Å². The number of likely N-dealkylation sites (tertiary alicyclic amines) is 1. The fraction of sp³-hybridized carbons (Fsp3) is 0.619. The molecule has 1 aliphatic heterocycles. The van der Waals surface area contributed by atoms with Crippen molar-refractivity contribution < 1.29 is 4.52 Å². The van der Waals surface area contributed by atoms with Crippen LogP contribution >= 0.6 is 11.3 Å². The number of nitrogens with one attached hydrogen (secondary N) is 2. The van der Waals surface area contributed by atoms with Crippen molar-refractivity contribution in [3.63, 3.8) is 0 Å². The number of hydrogen-bond acceptors (Lipinski definition) is 5. The average Bonchev–Trinajstić information content (AvgIpc) is 3.40. The molecule has 2 N–H and O–H groups in total. The van der Waals surface area contributed by atoms with Gasteiger partial charge >= 0.3 is 0 Å². The molecule has 2 aromatic rings. The first kappa shape index (κ1) is 20.9. The average molecular weight is 404 g/mol. The van der Waals surface area contributed by atoms with Crippen LogP contribution in [0, 0.1) is 0 Å². The van der Waals surface area contributed by atoms with Crippen LogP contribution in [-0.2, 0) is 13.1 Å². The maximum atomic E-state index is 5.50. The topological polar surface area (TPSA) is 65.7 Å². The highest BCUT2D eigenvalue weighted by Gasteiger charge is 2.20. The Balaban J connectivity index is 1.41. The van der Waals surface area contributed by atoms with Gasteiger partial charge in [-0.25, -0.2) is 0 Å². The van der Waals surface area contributed by atoms with E-state index in [-0.39, 0.29) is 0 Å². The summed E-state index contributed by atoms with van der Waals surface area (Å²) in [7, 11) is 1.82. The zero-order chi connectivity index (χ0) is 19.8. The minimum Gasteiger partial charge on any atom is -0.359 e. The fourth-order valence-electron chi connectivity index (χ4n) is 3.75.